The van der Waals surface area contributed by atoms with Crippen molar-refractivity contribution in [3.63, 3.8) is 0 Å². The van der Waals surface area contributed by atoms with Crippen LogP contribution in [-0.4, -0.2) is 37.0 Å². The van der Waals surface area contributed by atoms with E-state index in [9.17, 15) is 9.18 Å². The van der Waals surface area contributed by atoms with Gasteiger partial charge in [0.15, 0.2) is 0 Å². The second-order valence-electron chi connectivity index (χ2n) is 4.84. The zero-order chi connectivity index (χ0) is 13.8. The molecule has 1 amide bonds. The smallest absolute Gasteiger partial charge is 0.227 e. The molecule has 0 spiro atoms. The van der Waals surface area contributed by atoms with Crippen LogP contribution in [0.5, 0.6) is 0 Å². The van der Waals surface area contributed by atoms with Gasteiger partial charge in [0.1, 0.15) is 5.82 Å². The van der Waals surface area contributed by atoms with Gasteiger partial charge in [-0.25, -0.2) is 4.39 Å². The maximum atomic E-state index is 13.7. The summed E-state index contributed by atoms with van der Waals surface area (Å²) in [4.78, 5) is 14.0. The highest BCUT2D eigenvalue weighted by atomic mass is 35.5. The standard InChI is InChI=1S/C14H18ClFN2O/c1-17-10-4-3-7-18(9-10)14(19)8-11-12(15)5-2-6-13(11)16/h2,5-6,10,17H,3-4,7-9H2,1H3. The highest BCUT2D eigenvalue weighted by Gasteiger charge is 2.23. The van der Waals surface area contributed by atoms with E-state index in [4.69, 9.17) is 11.6 Å². The lowest BCUT2D eigenvalue weighted by Gasteiger charge is -2.32. The number of benzene rings is 1. The summed E-state index contributed by atoms with van der Waals surface area (Å²) in [5.41, 5.74) is 0.292. The van der Waals surface area contributed by atoms with Crippen LogP contribution >= 0.6 is 11.6 Å². The molecule has 0 bridgehead atoms. The fourth-order valence-electron chi connectivity index (χ4n) is 2.40. The number of hydrogen-bond donors (Lipinski definition) is 1. The van der Waals surface area contributed by atoms with E-state index >= 15 is 0 Å². The predicted octanol–water partition coefficient (Wildman–Crippen LogP) is 2.23. The molecule has 5 heteroatoms. The number of likely N-dealkylation sites (N-methyl/N-ethyl adjacent to an activating group) is 1. The van der Waals surface area contributed by atoms with Gasteiger partial charge in [0.05, 0.1) is 6.42 Å². The van der Waals surface area contributed by atoms with Crippen molar-refractivity contribution in [2.75, 3.05) is 20.1 Å². The van der Waals surface area contributed by atoms with E-state index in [1.165, 1.54) is 6.07 Å². The Hall–Kier alpha value is -1.13. The number of nitrogens with zero attached hydrogens (tertiary/aromatic N) is 1. The summed E-state index contributed by atoms with van der Waals surface area (Å²) in [5.74, 6) is -0.477. The van der Waals surface area contributed by atoms with Crippen LogP contribution in [0.4, 0.5) is 4.39 Å². The lowest BCUT2D eigenvalue weighted by atomic mass is 10.0. The van der Waals surface area contributed by atoms with Crippen molar-refractivity contribution in [3.8, 4) is 0 Å². The molecule has 1 saturated heterocycles. The van der Waals surface area contributed by atoms with Gasteiger partial charge >= 0.3 is 0 Å². The van der Waals surface area contributed by atoms with Crippen molar-refractivity contribution in [2.45, 2.75) is 25.3 Å². The van der Waals surface area contributed by atoms with Crippen LogP contribution in [0.1, 0.15) is 18.4 Å². The molecule has 1 fully saturated rings. The average Bonchev–Trinajstić information content (AvgIpc) is 2.43. The van der Waals surface area contributed by atoms with Crippen molar-refractivity contribution in [3.05, 3.63) is 34.6 Å². The monoisotopic (exact) mass is 284 g/mol. The Morgan fingerprint density at radius 3 is 3.05 bits per heavy atom. The van der Waals surface area contributed by atoms with Crippen LogP contribution in [0.25, 0.3) is 0 Å². The number of nitrogens with one attached hydrogen (secondary N) is 1. The Labute approximate surface area is 117 Å². The van der Waals surface area contributed by atoms with Gasteiger partial charge in [-0.2, -0.15) is 0 Å². The first-order valence-corrected chi connectivity index (χ1v) is 6.87. The lowest BCUT2D eigenvalue weighted by Crippen LogP contribution is -2.47. The normalized spacial score (nSPS) is 19.5. The van der Waals surface area contributed by atoms with Gasteiger partial charge in [0, 0.05) is 29.7 Å². The molecule has 104 valence electrons. The van der Waals surface area contributed by atoms with E-state index in [0.29, 0.717) is 23.2 Å². The fraction of sp³-hybridized carbons (Fsp3) is 0.500. The van der Waals surface area contributed by atoms with Gasteiger partial charge in [0.25, 0.3) is 0 Å². The molecule has 0 aromatic heterocycles. The third-order valence-corrected chi connectivity index (χ3v) is 3.93. The fourth-order valence-corrected chi connectivity index (χ4v) is 2.63. The van der Waals surface area contributed by atoms with E-state index in [-0.39, 0.29) is 12.3 Å². The van der Waals surface area contributed by atoms with Gasteiger partial charge in [-0.1, -0.05) is 17.7 Å². The van der Waals surface area contributed by atoms with Crippen LogP contribution in [0, 0.1) is 5.82 Å². The topological polar surface area (TPSA) is 32.3 Å². The van der Waals surface area contributed by atoms with Gasteiger partial charge in [-0.3, -0.25) is 4.79 Å². The Balaban J connectivity index is 2.04. The summed E-state index contributed by atoms with van der Waals surface area (Å²) in [6.45, 7) is 1.42. The predicted molar refractivity (Wildman–Crippen MR) is 73.8 cm³/mol. The Kier molecular flexibility index (Phi) is 4.77. The molecule has 1 N–H and O–H groups in total. The van der Waals surface area contributed by atoms with Crippen molar-refractivity contribution < 1.29 is 9.18 Å². The van der Waals surface area contributed by atoms with E-state index < -0.39 is 5.82 Å². The molecule has 1 heterocycles. The molecule has 0 saturated carbocycles. The molecule has 1 atom stereocenters. The Morgan fingerprint density at radius 2 is 2.37 bits per heavy atom. The van der Waals surface area contributed by atoms with E-state index in [1.807, 2.05) is 7.05 Å². The van der Waals surface area contributed by atoms with E-state index in [1.54, 1.807) is 17.0 Å². The highest BCUT2D eigenvalue weighted by molar-refractivity contribution is 6.31. The number of likely N-dealkylation sites (tertiary alicyclic amines) is 1. The van der Waals surface area contributed by atoms with Crippen molar-refractivity contribution in [1.82, 2.24) is 10.2 Å². The number of carbonyl (C=O) groups is 1. The van der Waals surface area contributed by atoms with Crippen LogP contribution in [0.15, 0.2) is 18.2 Å². The zero-order valence-corrected chi connectivity index (χ0v) is 11.7. The summed E-state index contributed by atoms with van der Waals surface area (Å²) in [5, 5.41) is 3.50. The number of halogens is 2. The van der Waals surface area contributed by atoms with E-state index in [0.717, 1.165) is 19.4 Å². The molecule has 1 aromatic rings. The Morgan fingerprint density at radius 1 is 1.58 bits per heavy atom. The Bertz CT molecular complexity index is 447. The van der Waals surface area contributed by atoms with Crippen LogP contribution in [-0.2, 0) is 11.2 Å². The molecule has 19 heavy (non-hydrogen) atoms. The second kappa shape index (κ2) is 6.35. The maximum Gasteiger partial charge on any atom is 0.227 e. The van der Waals surface area contributed by atoms with Crippen molar-refractivity contribution in [1.29, 1.82) is 0 Å². The SMILES string of the molecule is CNC1CCCN(C(=O)Cc2c(F)cccc2Cl)C1. The molecule has 1 aliphatic heterocycles. The van der Waals surface area contributed by atoms with Gasteiger partial charge in [0.2, 0.25) is 5.91 Å². The molecule has 1 unspecified atom stereocenters. The third-order valence-electron chi connectivity index (χ3n) is 3.57. The third kappa shape index (κ3) is 3.45. The average molecular weight is 285 g/mol. The summed E-state index contributed by atoms with van der Waals surface area (Å²) in [6.07, 6.45) is 2.07. The highest BCUT2D eigenvalue weighted by Crippen LogP contribution is 2.21. The first-order chi connectivity index (χ1) is 9.11. The van der Waals surface area contributed by atoms with Gasteiger partial charge < -0.3 is 10.2 Å². The second-order valence-corrected chi connectivity index (χ2v) is 5.25. The molecule has 1 aliphatic rings. The molecule has 0 aliphatic carbocycles. The molecule has 2 rings (SSSR count). The summed E-state index contributed by atoms with van der Waals surface area (Å²) < 4.78 is 13.7. The zero-order valence-electron chi connectivity index (χ0n) is 11.0. The van der Waals surface area contributed by atoms with Crippen LogP contribution < -0.4 is 5.32 Å². The summed E-state index contributed by atoms with van der Waals surface area (Å²) in [7, 11) is 1.90. The number of piperidine rings is 1. The maximum absolute atomic E-state index is 13.7. The van der Waals surface area contributed by atoms with Crippen molar-refractivity contribution >= 4 is 17.5 Å². The summed E-state index contributed by atoms with van der Waals surface area (Å²) in [6, 6.07) is 4.82. The van der Waals surface area contributed by atoms with Crippen LogP contribution in [0.3, 0.4) is 0 Å². The first kappa shape index (κ1) is 14.3. The minimum atomic E-state index is -0.414. The first-order valence-electron chi connectivity index (χ1n) is 6.49. The number of hydrogen-bond acceptors (Lipinski definition) is 2. The van der Waals surface area contributed by atoms with Gasteiger partial charge in [-0.05, 0) is 32.0 Å². The minimum Gasteiger partial charge on any atom is -0.341 e. The molecule has 0 radical (unpaired) electrons. The molecular formula is C14H18ClFN2O. The summed E-state index contributed by atoms with van der Waals surface area (Å²) >= 11 is 5.95. The van der Waals surface area contributed by atoms with Gasteiger partial charge in [-0.15, -0.1) is 0 Å². The number of carbonyl (C=O) groups excluding carboxylic acids is 1. The quantitative estimate of drug-likeness (QED) is 0.923. The molecular weight excluding hydrogens is 267 g/mol. The van der Waals surface area contributed by atoms with Crippen molar-refractivity contribution in [2.24, 2.45) is 0 Å². The molecule has 3 nitrogen and oxygen atoms in total. The van der Waals surface area contributed by atoms with Crippen LogP contribution in [0.2, 0.25) is 5.02 Å². The number of rotatable bonds is 3. The number of amides is 1. The largest absolute Gasteiger partial charge is 0.341 e. The lowest BCUT2D eigenvalue weighted by molar-refractivity contribution is -0.131. The molecule has 1 aromatic carbocycles. The minimum absolute atomic E-state index is 0.0297. The van der Waals surface area contributed by atoms with E-state index in [2.05, 4.69) is 5.32 Å².